The van der Waals surface area contributed by atoms with Crippen LogP contribution in [0.1, 0.15) is 0 Å². The summed E-state index contributed by atoms with van der Waals surface area (Å²) in [5.74, 6) is 0. The Balaban J connectivity index is 1.66. The van der Waals surface area contributed by atoms with Crippen LogP contribution in [0.25, 0.3) is 53.9 Å². The largest absolute Gasteiger partial charge is 0.354 e. The van der Waals surface area contributed by atoms with Gasteiger partial charge in [0.2, 0.25) is 0 Å². The normalized spacial score (nSPS) is 12.2. The van der Waals surface area contributed by atoms with Crippen molar-refractivity contribution in [2.45, 2.75) is 0 Å². The van der Waals surface area contributed by atoms with E-state index in [9.17, 15) is 0 Å². The van der Waals surface area contributed by atoms with E-state index < -0.39 is 0 Å². The molecule has 0 saturated heterocycles. The summed E-state index contributed by atoms with van der Waals surface area (Å²) in [4.78, 5) is 3.58. The van der Waals surface area contributed by atoms with Crippen molar-refractivity contribution < 1.29 is 0 Å². The molecule has 6 rings (SSSR count). The number of nitrogens with one attached hydrogen (secondary N) is 1. The van der Waals surface area contributed by atoms with E-state index in [1.165, 1.54) is 53.9 Å². The number of aromatic amines is 1. The molecule has 0 saturated carbocycles. The molecule has 2 heteroatoms. The maximum absolute atomic E-state index is 3.58. The van der Waals surface area contributed by atoms with E-state index in [1.54, 1.807) is 0 Å². The molecule has 6 aromatic rings. The third-order valence-corrected chi connectivity index (χ3v) is 6.85. The van der Waals surface area contributed by atoms with Gasteiger partial charge in [-0.3, -0.25) is 0 Å². The van der Waals surface area contributed by atoms with Crippen molar-refractivity contribution in [1.82, 2.24) is 4.98 Å². The Morgan fingerprint density at radius 1 is 0.577 bits per heavy atom. The Kier molecular flexibility index (Phi) is 2.86. The van der Waals surface area contributed by atoms with E-state index >= 15 is 0 Å². The van der Waals surface area contributed by atoms with Crippen molar-refractivity contribution in [2.75, 3.05) is 0 Å². The van der Waals surface area contributed by atoms with Gasteiger partial charge < -0.3 is 4.98 Å². The van der Waals surface area contributed by atoms with Crippen LogP contribution in [0.4, 0.5) is 0 Å². The molecule has 2 heterocycles. The molecule has 1 atom stereocenters. The van der Waals surface area contributed by atoms with Crippen molar-refractivity contribution in [3.05, 3.63) is 84.9 Å². The van der Waals surface area contributed by atoms with E-state index in [2.05, 4.69) is 89.9 Å². The number of hydrogen-bond donors (Lipinski definition) is 1. The fourth-order valence-electron chi connectivity index (χ4n) is 4.14. The third-order valence-electron chi connectivity index (χ3n) is 5.36. The van der Waals surface area contributed by atoms with Crippen LogP contribution in [0.2, 0.25) is 0 Å². The second-order valence-corrected chi connectivity index (χ2v) is 8.12. The molecule has 1 unspecified atom stereocenters. The van der Waals surface area contributed by atoms with Gasteiger partial charge in [-0.25, -0.2) is 0 Å². The summed E-state index contributed by atoms with van der Waals surface area (Å²) in [6, 6.07) is 30.9. The predicted molar refractivity (Wildman–Crippen MR) is 116 cm³/mol. The van der Waals surface area contributed by atoms with Gasteiger partial charge in [0.05, 0.1) is 0 Å². The number of fused-ring (bicyclic) bond motifs is 6. The Labute approximate surface area is 152 Å². The molecule has 1 N–H and O–H groups in total. The summed E-state index contributed by atoms with van der Waals surface area (Å²) in [6.07, 6.45) is 0. The van der Waals surface area contributed by atoms with Crippen LogP contribution in [-0.2, 0) is 0 Å². The molecule has 0 aliphatic heterocycles. The zero-order valence-electron chi connectivity index (χ0n) is 14.1. The Bertz CT molecular complexity index is 1430. The zero-order chi connectivity index (χ0) is 17.1. The maximum atomic E-state index is 3.58. The van der Waals surface area contributed by atoms with Crippen LogP contribution in [0.5, 0.6) is 0 Å². The van der Waals surface area contributed by atoms with Crippen molar-refractivity contribution in [1.29, 1.82) is 0 Å². The van der Waals surface area contributed by atoms with Crippen molar-refractivity contribution in [2.24, 2.45) is 0 Å². The molecule has 4 aromatic carbocycles. The van der Waals surface area contributed by atoms with Gasteiger partial charge in [-0.15, -0.1) is 8.19 Å². The molecule has 0 amide bonds. The van der Waals surface area contributed by atoms with Crippen LogP contribution < -0.4 is 0 Å². The highest BCUT2D eigenvalue weighted by atomic mass is 31.0. The van der Waals surface area contributed by atoms with E-state index in [-0.39, 0.29) is 0 Å². The number of hydrogen-bond acceptors (Lipinski definition) is 0. The molecule has 0 bridgehead atoms. The van der Waals surface area contributed by atoms with Gasteiger partial charge in [0.15, 0.2) is 0 Å². The fraction of sp³-hybridized carbons (Fsp3) is 0. The molecule has 122 valence electrons. The van der Waals surface area contributed by atoms with E-state index in [1.807, 2.05) is 0 Å². The van der Waals surface area contributed by atoms with E-state index in [4.69, 9.17) is 0 Å². The van der Waals surface area contributed by atoms with Gasteiger partial charge in [0, 0.05) is 26.9 Å². The topological polar surface area (TPSA) is 15.8 Å². The second kappa shape index (κ2) is 5.24. The van der Waals surface area contributed by atoms with Gasteiger partial charge in [0.25, 0.3) is 0 Å². The standard InChI is InChI=1S/C24H16NP/c1-3-10-21-17(6-1)18-13-12-15(14-22(18)25-21)16-8-5-9-20-19-7-2-4-11-23(19)26-24(16)20/h1-14,25-26H. The zero-order valence-corrected chi connectivity index (χ0v) is 15.1. The summed E-state index contributed by atoms with van der Waals surface area (Å²) >= 11 is 0. The molecule has 0 aliphatic rings. The van der Waals surface area contributed by atoms with Crippen LogP contribution in [0, 0.1) is 0 Å². The highest BCUT2D eigenvalue weighted by Gasteiger charge is 2.10. The number of benzene rings is 4. The molecule has 26 heavy (non-hydrogen) atoms. The smallest absolute Gasteiger partial charge is 0.0471 e. The SMILES string of the molecule is c1ccc2c(c1)[nH]c1cc(-c3cccc4c3[pH]c3ccccc34)ccc12. The van der Waals surface area contributed by atoms with Crippen molar-refractivity contribution in [3.8, 4) is 11.1 Å². The lowest BCUT2D eigenvalue weighted by molar-refractivity contribution is 1.54. The van der Waals surface area contributed by atoms with Crippen LogP contribution in [0.15, 0.2) is 84.9 Å². The van der Waals surface area contributed by atoms with Crippen molar-refractivity contribution >= 4 is 51.0 Å². The van der Waals surface area contributed by atoms with Crippen molar-refractivity contribution in [3.63, 3.8) is 0 Å². The lowest BCUT2D eigenvalue weighted by Gasteiger charge is -2.05. The minimum absolute atomic E-state index is 0.733. The number of rotatable bonds is 1. The average molecular weight is 349 g/mol. The van der Waals surface area contributed by atoms with E-state index in [0.29, 0.717) is 0 Å². The number of aromatic nitrogens is 1. The van der Waals surface area contributed by atoms with Gasteiger partial charge >= 0.3 is 0 Å². The summed E-state index contributed by atoms with van der Waals surface area (Å²) < 4.78 is 0. The average Bonchev–Trinajstić information content (AvgIpc) is 3.25. The maximum Gasteiger partial charge on any atom is 0.0471 e. The summed E-state index contributed by atoms with van der Waals surface area (Å²) in [7, 11) is 0.733. The van der Waals surface area contributed by atoms with E-state index in [0.717, 1.165) is 8.19 Å². The fourth-order valence-corrected chi connectivity index (χ4v) is 5.65. The second-order valence-electron chi connectivity index (χ2n) is 6.83. The highest BCUT2D eigenvalue weighted by molar-refractivity contribution is 7.44. The quantitative estimate of drug-likeness (QED) is 0.320. The summed E-state index contributed by atoms with van der Waals surface area (Å²) in [6.45, 7) is 0. The molecular formula is C24H16NP. The first kappa shape index (κ1) is 14.2. The lowest BCUT2D eigenvalue weighted by Crippen LogP contribution is -1.78. The predicted octanol–water partition coefficient (Wildman–Crippen LogP) is 7.33. The summed E-state index contributed by atoms with van der Waals surface area (Å²) in [5.41, 5.74) is 5.06. The Morgan fingerprint density at radius 3 is 2.31 bits per heavy atom. The molecule has 0 aliphatic carbocycles. The minimum Gasteiger partial charge on any atom is -0.354 e. The Morgan fingerprint density at radius 2 is 1.35 bits per heavy atom. The molecule has 1 nitrogen and oxygen atoms in total. The monoisotopic (exact) mass is 349 g/mol. The first-order valence-electron chi connectivity index (χ1n) is 8.89. The Hall–Kier alpha value is -3.02. The van der Waals surface area contributed by atoms with Gasteiger partial charge in [-0.2, -0.15) is 0 Å². The molecule has 0 fully saturated rings. The first-order valence-corrected chi connectivity index (χ1v) is 9.89. The van der Waals surface area contributed by atoms with Gasteiger partial charge in [0.1, 0.15) is 0 Å². The lowest BCUT2D eigenvalue weighted by atomic mass is 10.0. The number of para-hydroxylation sites is 1. The number of H-pyrrole nitrogens is 1. The third kappa shape index (κ3) is 1.92. The van der Waals surface area contributed by atoms with Gasteiger partial charge in [-0.05, 0) is 39.2 Å². The molecular weight excluding hydrogens is 333 g/mol. The summed E-state index contributed by atoms with van der Waals surface area (Å²) in [5, 5.41) is 8.32. The minimum atomic E-state index is 0.733. The highest BCUT2D eigenvalue weighted by Crippen LogP contribution is 2.43. The molecule has 0 radical (unpaired) electrons. The van der Waals surface area contributed by atoms with Gasteiger partial charge in [-0.1, -0.05) is 72.8 Å². The molecule has 0 spiro atoms. The van der Waals surface area contributed by atoms with Crippen LogP contribution in [0.3, 0.4) is 0 Å². The molecule has 2 aromatic heterocycles. The first-order chi connectivity index (χ1) is 12.9. The van der Waals surface area contributed by atoms with Crippen LogP contribution >= 0.6 is 8.19 Å². The van der Waals surface area contributed by atoms with Crippen LogP contribution in [-0.4, -0.2) is 4.98 Å².